The molecule has 3 aromatic carbocycles. The molecular weight excluding hydrogens is 1330 g/mol. The Morgan fingerprint density at radius 3 is 1.32 bits per heavy atom. The van der Waals surface area contributed by atoms with Crippen LogP contribution in [0.3, 0.4) is 0 Å². The molecule has 1 amide bonds. The minimum absolute atomic E-state index is 0.131. The first kappa shape index (κ1) is 86.2. The number of hydrogen-bond donors (Lipinski definition) is 0. The Kier molecular flexibility index (Phi) is 36.5. The summed E-state index contributed by atoms with van der Waals surface area (Å²) in [4.78, 5) is 80.9. The molecule has 0 aliphatic carbocycles. The number of amides is 1. The van der Waals surface area contributed by atoms with E-state index in [1.54, 1.807) is 72.1 Å². The summed E-state index contributed by atoms with van der Waals surface area (Å²) in [5.74, 6) is 7.89. The van der Waals surface area contributed by atoms with Crippen LogP contribution in [0.2, 0.25) is 0 Å². The molecule has 96 heavy (non-hydrogen) atoms. The van der Waals surface area contributed by atoms with E-state index in [1.807, 2.05) is 51.1 Å². The van der Waals surface area contributed by atoms with Gasteiger partial charge in [0, 0.05) is 39.2 Å². The minimum Gasteiger partial charge on any atom is -0.467 e. The van der Waals surface area contributed by atoms with Crippen molar-refractivity contribution in [2.75, 3.05) is 47.5 Å². The summed E-state index contributed by atoms with van der Waals surface area (Å²) in [5, 5.41) is 0. The topological polar surface area (TPSA) is 199 Å². The fraction of sp³-hybridized carbons (Fsp3) is 0.513. The van der Waals surface area contributed by atoms with Gasteiger partial charge in [0.25, 0.3) is 0 Å². The number of carbonyl (C=O) groups is 6. The quantitative estimate of drug-likeness (QED) is 0.0443. The van der Waals surface area contributed by atoms with Gasteiger partial charge in [0.2, 0.25) is 0 Å². The third-order valence-corrected chi connectivity index (χ3v) is 14.7. The van der Waals surface area contributed by atoms with Gasteiger partial charge in [0.1, 0.15) is 34.2 Å². The van der Waals surface area contributed by atoms with Gasteiger partial charge < -0.3 is 38.1 Å². The zero-order valence-corrected chi connectivity index (χ0v) is 63.9. The number of carbonyl (C=O) groups excluding carboxylic acids is 6. The van der Waals surface area contributed by atoms with Crippen molar-refractivity contribution in [1.82, 2.24) is 19.8 Å². The fourth-order valence-electron chi connectivity index (χ4n) is 8.63. The molecule has 2 atom stereocenters. The maximum atomic E-state index is 12.5. The average molecular weight is 1440 g/mol. The van der Waals surface area contributed by atoms with Crippen molar-refractivity contribution in [2.45, 2.75) is 210 Å². The number of esters is 3. The Labute approximate surface area is 588 Å². The number of pyridine rings is 2. The second-order valence-electron chi connectivity index (χ2n) is 28.6. The summed E-state index contributed by atoms with van der Waals surface area (Å²) in [6.45, 7) is 45.9. The summed E-state index contributed by atoms with van der Waals surface area (Å²) in [6, 6.07) is 31.5. The molecule has 3 heterocycles. The third-order valence-electron chi connectivity index (χ3n) is 14.1. The van der Waals surface area contributed by atoms with Crippen LogP contribution in [0.4, 0.5) is 14.4 Å². The number of ether oxygens (including phenoxy) is 7. The highest BCUT2D eigenvalue weighted by atomic mass is 127. The maximum absolute atomic E-state index is 12.5. The number of likely N-dealkylation sites (tertiary alicyclic amines) is 1. The molecular formula is C78H109IN4O13. The lowest BCUT2D eigenvalue weighted by Crippen LogP contribution is -2.52. The summed E-state index contributed by atoms with van der Waals surface area (Å²) >= 11 is 2.11. The Morgan fingerprint density at radius 1 is 0.542 bits per heavy atom. The maximum Gasteiger partial charge on any atom is 0.519 e. The van der Waals surface area contributed by atoms with Gasteiger partial charge in [0.05, 0.1) is 21.3 Å². The number of piperidine rings is 1. The second-order valence-corrected chi connectivity index (χ2v) is 29.8. The largest absolute Gasteiger partial charge is 0.519 e. The van der Waals surface area contributed by atoms with E-state index in [2.05, 4.69) is 201 Å². The molecule has 6 rings (SSSR count). The summed E-state index contributed by atoms with van der Waals surface area (Å²) in [7, 11) is 4.04. The zero-order valence-electron chi connectivity index (χ0n) is 61.8. The predicted octanol–water partition coefficient (Wildman–Crippen LogP) is 17.3. The number of benzene rings is 3. The van der Waals surface area contributed by atoms with Crippen molar-refractivity contribution in [2.24, 2.45) is 5.92 Å². The molecule has 2 aromatic heterocycles. The smallest absolute Gasteiger partial charge is 0.467 e. The molecule has 1 aliphatic heterocycles. The van der Waals surface area contributed by atoms with E-state index in [0.717, 1.165) is 39.5 Å². The van der Waals surface area contributed by atoms with Crippen LogP contribution >= 0.6 is 22.6 Å². The average Bonchev–Trinajstić information content (AvgIpc) is 0.851. The molecule has 17 nitrogen and oxygen atoms in total. The van der Waals surface area contributed by atoms with Crippen LogP contribution in [-0.2, 0) is 60.6 Å². The molecule has 0 bridgehead atoms. The van der Waals surface area contributed by atoms with E-state index in [9.17, 15) is 28.8 Å². The van der Waals surface area contributed by atoms with Crippen LogP contribution < -0.4 is 0 Å². The molecule has 0 saturated carbocycles. The number of methoxy groups -OCH3 is 3. The summed E-state index contributed by atoms with van der Waals surface area (Å²) in [5.41, 5.74) is 6.97. The number of nitrogens with zero attached hydrogens (tertiary/aromatic N) is 4. The van der Waals surface area contributed by atoms with E-state index >= 15 is 0 Å². The lowest BCUT2D eigenvalue weighted by Gasteiger charge is -2.38. The Morgan fingerprint density at radius 2 is 0.948 bits per heavy atom. The molecule has 18 heteroatoms. The standard InChI is InChI=1S/C24H37NO4.C19H19NO2.C12H14.C10H18O5.C7H6INO2.C6H15N/c1-23(2,3)19-12-10-17(11-13-19)8-9-18-14-15-25(20(16-18)21(26)28-7)22(27)29-24(4,5)6;1-19(2,3)16-9-7-14(8-10-16)5-6-15-11-12-20-17(13-15)18(21)22-4;1-5-10-6-8-11(9-7-10)12(2,3)4;1-9(2,3)14-7(11)13-8(12)15-10(4,5)6;1-11-7(10)6-4-5(8)2-3-9-6;1-4-7(5-2)6-3/h10-13,18,20H,8-9,14-16H2,1-7H3;7-13H,1-4H3;1,6-9H,2-4H3;1-6H3;2-4H,1H3;4-6H2,1-3H3. The molecule has 2 unspecified atom stereocenters. The number of rotatable bonds is 9. The molecule has 1 aliphatic rings. The van der Waals surface area contributed by atoms with E-state index in [-0.39, 0.29) is 27.9 Å². The number of terminal acetylenes is 1. The molecule has 5 aromatic rings. The van der Waals surface area contributed by atoms with Gasteiger partial charge in [-0.3, -0.25) is 4.90 Å². The molecule has 0 radical (unpaired) electrons. The first-order chi connectivity index (χ1) is 44.4. The Bertz CT molecular complexity index is 3290. The van der Waals surface area contributed by atoms with Gasteiger partial charge in [-0.1, -0.05) is 149 Å². The number of aromatic nitrogens is 2. The van der Waals surface area contributed by atoms with Crippen molar-refractivity contribution in [1.29, 1.82) is 0 Å². The van der Waals surface area contributed by atoms with Crippen molar-refractivity contribution < 1.29 is 61.9 Å². The molecule has 1 fully saturated rings. The molecule has 0 N–H and O–H groups in total. The van der Waals surface area contributed by atoms with Crippen molar-refractivity contribution in [3.8, 4) is 24.2 Å². The zero-order chi connectivity index (χ0) is 73.4. The van der Waals surface area contributed by atoms with E-state index < -0.39 is 53.2 Å². The van der Waals surface area contributed by atoms with Gasteiger partial charge in [-0.05, 0) is 223 Å². The lowest BCUT2D eigenvalue weighted by atomic mass is 9.84. The minimum atomic E-state index is -1.06. The van der Waals surface area contributed by atoms with E-state index in [4.69, 9.17) is 25.4 Å². The Balaban J connectivity index is 0.000000610. The molecule has 0 spiro atoms. The highest BCUT2D eigenvalue weighted by molar-refractivity contribution is 14.1. The summed E-state index contributed by atoms with van der Waals surface area (Å²) < 4.78 is 34.4. The highest BCUT2D eigenvalue weighted by Gasteiger charge is 2.39. The first-order valence-electron chi connectivity index (χ1n) is 32.4. The second kappa shape index (κ2) is 40.7. The first-order valence-corrected chi connectivity index (χ1v) is 33.5. The van der Waals surface area contributed by atoms with Crippen LogP contribution in [0.15, 0.2) is 109 Å². The van der Waals surface area contributed by atoms with Gasteiger partial charge >= 0.3 is 36.3 Å². The molecule has 526 valence electrons. The van der Waals surface area contributed by atoms with Crippen LogP contribution in [0, 0.1) is 33.7 Å². The van der Waals surface area contributed by atoms with E-state index in [1.165, 1.54) is 68.1 Å². The van der Waals surface area contributed by atoms with Gasteiger partial charge in [0.15, 0.2) is 0 Å². The van der Waals surface area contributed by atoms with Crippen molar-refractivity contribution >= 4 is 58.9 Å². The van der Waals surface area contributed by atoms with Gasteiger partial charge in [-0.15, -0.1) is 6.42 Å². The van der Waals surface area contributed by atoms with Gasteiger partial charge in [-0.2, -0.15) is 0 Å². The highest BCUT2D eigenvalue weighted by Crippen LogP contribution is 2.30. The van der Waals surface area contributed by atoms with Gasteiger partial charge in [-0.25, -0.2) is 38.7 Å². The van der Waals surface area contributed by atoms with Crippen LogP contribution in [0.5, 0.6) is 0 Å². The SMILES string of the molecule is C#Cc1ccc(C(C)(C)C)cc1.CC(C)(C)OC(=O)OC(=O)OC(C)(C)C.CCN(CC)CC.COC(=O)C1CC(CCc2ccc(C(C)(C)C)cc2)CCN1C(=O)OC(C)(C)C.COC(=O)c1cc(C#Cc2ccc(C(C)(C)C)cc2)ccn1.COC(=O)c1cc(I)ccn1. The van der Waals surface area contributed by atoms with Crippen LogP contribution in [0.25, 0.3) is 0 Å². The third kappa shape index (κ3) is 35.8. The Hall–Kier alpha value is -7.81. The normalized spacial score (nSPS) is 13.6. The van der Waals surface area contributed by atoms with Crippen molar-refractivity contribution in [3.05, 3.63) is 163 Å². The predicted molar refractivity (Wildman–Crippen MR) is 390 cm³/mol. The number of hydrogen-bond acceptors (Lipinski definition) is 16. The lowest BCUT2D eigenvalue weighted by molar-refractivity contribution is -0.149. The van der Waals surface area contributed by atoms with Crippen LogP contribution in [-0.4, -0.2) is 126 Å². The number of halogens is 1. The summed E-state index contributed by atoms with van der Waals surface area (Å²) in [6.07, 6.45) is 9.28. The molecule has 1 saturated heterocycles. The monoisotopic (exact) mass is 1440 g/mol. The van der Waals surface area contributed by atoms with Crippen molar-refractivity contribution in [3.63, 3.8) is 0 Å². The number of aryl methyl sites for hydroxylation is 1. The fourth-order valence-corrected chi connectivity index (χ4v) is 9.09. The van der Waals surface area contributed by atoms with E-state index in [0.29, 0.717) is 24.6 Å². The van der Waals surface area contributed by atoms with Crippen LogP contribution in [0.1, 0.15) is 225 Å².